The van der Waals surface area contributed by atoms with Gasteiger partial charge in [-0.25, -0.2) is 9.97 Å². The number of aromatic amines is 2. The Morgan fingerprint density at radius 1 is 0.839 bits per heavy atom. The lowest BCUT2D eigenvalue weighted by atomic mass is 10.0. The number of nitrogens with zero attached hydrogens (tertiary/aromatic N) is 5. The van der Waals surface area contributed by atoms with Gasteiger partial charge in [0.15, 0.2) is 6.10 Å². The summed E-state index contributed by atoms with van der Waals surface area (Å²) in [6.07, 6.45) is 5.60. The fraction of sp³-hybridized carbons (Fsp3) is 0.289. The summed E-state index contributed by atoms with van der Waals surface area (Å²) in [5, 5.41) is 0.574. The lowest BCUT2D eigenvalue weighted by Crippen LogP contribution is -2.41. The Bertz CT molecular complexity index is 2230. The number of rotatable bonds is 14. The Morgan fingerprint density at radius 2 is 1.45 bits per heavy atom. The third-order valence-electron chi connectivity index (χ3n) is 10.5. The number of nitrogens with one attached hydrogen (secondary N) is 2. The molecule has 2 amide bonds. The van der Waals surface area contributed by atoms with Crippen molar-refractivity contribution in [2.45, 2.75) is 50.9 Å². The van der Waals surface area contributed by atoms with Gasteiger partial charge in [-0.15, -0.1) is 0 Å². The highest BCUT2D eigenvalue weighted by molar-refractivity contribution is 6.31. The van der Waals surface area contributed by atoms with Gasteiger partial charge in [0.25, 0.3) is 5.91 Å². The maximum Gasteiger partial charge on any atom is 0.256 e. The summed E-state index contributed by atoms with van der Waals surface area (Å²) in [7, 11) is 5.38. The minimum Gasteiger partial charge on any atom is -0.367 e. The Kier molecular flexibility index (Phi) is 12.1. The van der Waals surface area contributed by atoms with Crippen molar-refractivity contribution >= 4 is 23.4 Å². The quantitative estimate of drug-likeness (QED) is 0.115. The van der Waals surface area contributed by atoms with Crippen molar-refractivity contribution in [2.24, 2.45) is 0 Å². The van der Waals surface area contributed by atoms with Crippen LogP contribution in [0.15, 0.2) is 116 Å². The van der Waals surface area contributed by atoms with Gasteiger partial charge in [0.2, 0.25) is 5.91 Å². The van der Waals surface area contributed by atoms with Gasteiger partial charge in [-0.2, -0.15) is 0 Å². The number of imidazole rings is 2. The summed E-state index contributed by atoms with van der Waals surface area (Å²) in [5.74, 6) is 1.45. The summed E-state index contributed by atoms with van der Waals surface area (Å²) in [6.45, 7) is 3.70. The number of halogens is 1. The molecule has 10 nitrogen and oxygen atoms in total. The second-order valence-corrected chi connectivity index (χ2v) is 14.9. The molecule has 7 rings (SSSR count). The molecule has 4 aromatic carbocycles. The van der Waals surface area contributed by atoms with Crippen LogP contribution in [-0.2, 0) is 20.9 Å². The Morgan fingerprint density at radius 3 is 2.07 bits per heavy atom. The van der Waals surface area contributed by atoms with E-state index in [9.17, 15) is 9.59 Å². The molecular weight excluding hydrogens is 722 g/mol. The van der Waals surface area contributed by atoms with Crippen LogP contribution in [0, 0.1) is 0 Å². The first-order chi connectivity index (χ1) is 27.2. The molecule has 288 valence electrons. The highest BCUT2D eigenvalue weighted by Crippen LogP contribution is 2.35. The van der Waals surface area contributed by atoms with Crippen LogP contribution in [0.2, 0.25) is 5.02 Å². The van der Waals surface area contributed by atoms with E-state index in [-0.39, 0.29) is 17.9 Å². The first-order valence-corrected chi connectivity index (χ1v) is 19.5. The SMILES string of the molecule is CCCN(Cc1ncc(-c2ccc(-c3ccc(-c4cnc([C@@H]5CCCN5C(=O)[C@H](OC)c5ccccc5)[nH]4)cc3)cc2)[nH]1)C(=O)[C@@H](c1ccccc1Cl)N(C)C. The fourth-order valence-corrected chi connectivity index (χ4v) is 7.86. The summed E-state index contributed by atoms with van der Waals surface area (Å²) >= 11 is 6.53. The minimum atomic E-state index is -0.647. The number of carbonyl (C=O) groups excluding carboxylic acids is 2. The van der Waals surface area contributed by atoms with Gasteiger partial charge >= 0.3 is 0 Å². The molecule has 0 unspecified atom stereocenters. The molecular formula is C45H48ClN7O3. The van der Waals surface area contributed by atoms with Crippen LogP contribution in [0.5, 0.6) is 0 Å². The average molecular weight is 770 g/mol. The number of hydrogen-bond donors (Lipinski definition) is 2. The first-order valence-electron chi connectivity index (χ1n) is 19.1. The molecule has 0 spiro atoms. The number of likely N-dealkylation sites (N-methyl/N-ethyl adjacent to an activating group) is 1. The molecule has 2 aromatic heterocycles. The monoisotopic (exact) mass is 769 g/mol. The number of carbonyl (C=O) groups is 2. The van der Waals surface area contributed by atoms with E-state index >= 15 is 0 Å². The molecule has 1 aliphatic heterocycles. The molecule has 1 saturated heterocycles. The summed E-state index contributed by atoms with van der Waals surface area (Å²) in [4.78, 5) is 49.5. The van der Waals surface area contributed by atoms with E-state index in [2.05, 4.69) is 70.4 Å². The van der Waals surface area contributed by atoms with Crippen LogP contribution in [0.4, 0.5) is 0 Å². The molecule has 0 saturated carbocycles. The zero-order valence-electron chi connectivity index (χ0n) is 32.3. The van der Waals surface area contributed by atoms with Crippen LogP contribution < -0.4 is 0 Å². The summed E-state index contributed by atoms with van der Waals surface area (Å²) in [5.41, 5.74) is 7.63. The Labute approximate surface area is 333 Å². The van der Waals surface area contributed by atoms with Crippen molar-refractivity contribution in [3.63, 3.8) is 0 Å². The molecule has 3 heterocycles. The van der Waals surface area contributed by atoms with Crippen LogP contribution >= 0.6 is 11.6 Å². The van der Waals surface area contributed by atoms with E-state index in [4.69, 9.17) is 21.3 Å². The molecule has 0 aliphatic carbocycles. The van der Waals surface area contributed by atoms with E-state index in [1.54, 1.807) is 7.11 Å². The predicted octanol–water partition coefficient (Wildman–Crippen LogP) is 8.88. The first kappa shape index (κ1) is 38.7. The number of ether oxygens (including phenoxy) is 1. The molecule has 0 radical (unpaired) electrons. The van der Waals surface area contributed by atoms with Crippen LogP contribution in [0.1, 0.15) is 67.1 Å². The molecule has 3 atom stereocenters. The summed E-state index contributed by atoms with van der Waals surface area (Å²) in [6, 6.07) is 33.3. The van der Waals surface area contributed by atoms with Crippen molar-refractivity contribution in [2.75, 3.05) is 34.3 Å². The minimum absolute atomic E-state index is 0.0154. The van der Waals surface area contributed by atoms with Crippen molar-refractivity contribution in [1.29, 1.82) is 0 Å². The van der Waals surface area contributed by atoms with Crippen molar-refractivity contribution < 1.29 is 14.3 Å². The van der Waals surface area contributed by atoms with Crippen LogP contribution in [0.3, 0.4) is 0 Å². The third kappa shape index (κ3) is 8.33. The number of hydrogen-bond acceptors (Lipinski definition) is 6. The fourth-order valence-electron chi connectivity index (χ4n) is 7.62. The highest BCUT2D eigenvalue weighted by Gasteiger charge is 2.36. The van der Waals surface area contributed by atoms with E-state index in [1.165, 1.54) is 0 Å². The summed E-state index contributed by atoms with van der Waals surface area (Å²) < 4.78 is 5.66. The molecule has 1 aliphatic rings. The third-order valence-corrected chi connectivity index (χ3v) is 10.8. The van der Waals surface area contributed by atoms with E-state index in [0.717, 1.165) is 75.7 Å². The van der Waals surface area contributed by atoms with Gasteiger partial charge in [0.1, 0.15) is 17.7 Å². The van der Waals surface area contributed by atoms with Crippen molar-refractivity contribution in [1.82, 2.24) is 34.6 Å². The van der Waals surface area contributed by atoms with Crippen molar-refractivity contribution in [3.8, 4) is 33.6 Å². The number of amides is 2. The lowest BCUT2D eigenvalue weighted by Gasteiger charge is -2.31. The smallest absolute Gasteiger partial charge is 0.256 e. The standard InChI is InChI=1S/C45H48ClN7O3/c1-5-25-52(44(54)41(51(2)3)35-14-9-10-15-36(35)46)29-40-47-27-37(49-40)32-21-17-30(18-22-32)31-19-23-33(24-20-31)38-28-48-43(50-38)39-16-11-26-53(39)45(55)42(56-4)34-12-7-6-8-13-34/h6-10,12-15,17-24,27-28,39,41-42H,5,11,16,25-26,29H2,1-4H3,(H,47,49)(H,48,50)/t39-,41+,42+/m0/s1. The molecule has 2 N–H and O–H groups in total. The van der Waals surface area contributed by atoms with E-state index < -0.39 is 12.1 Å². The second-order valence-electron chi connectivity index (χ2n) is 14.4. The molecule has 0 bridgehead atoms. The maximum absolute atomic E-state index is 13.9. The van der Waals surface area contributed by atoms with E-state index in [0.29, 0.717) is 24.7 Å². The zero-order chi connectivity index (χ0) is 39.2. The number of likely N-dealkylation sites (tertiary alicyclic amines) is 1. The average Bonchev–Trinajstić information content (AvgIpc) is 4.01. The number of methoxy groups -OCH3 is 1. The second kappa shape index (κ2) is 17.5. The van der Waals surface area contributed by atoms with Gasteiger partial charge in [-0.1, -0.05) is 116 Å². The number of aromatic nitrogens is 4. The predicted molar refractivity (Wildman–Crippen MR) is 221 cm³/mol. The largest absolute Gasteiger partial charge is 0.367 e. The zero-order valence-corrected chi connectivity index (χ0v) is 33.0. The van der Waals surface area contributed by atoms with Gasteiger partial charge in [-0.05, 0) is 72.8 Å². The lowest BCUT2D eigenvalue weighted by molar-refractivity contribution is -0.143. The number of benzene rings is 4. The van der Waals surface area contributed by atoms with Crippen molar-refractivity contribution in [3.05, 3.63) is 143 Å². The van der Waals surface area contributed by atoms with Crippen LogP contribution in [-0.4, -0.2) is 80.7 Å². The topological polar surface area (TPSA) is 110 Å². The Hall–Kier alpha value is -5.55. The van der Waals surface area contributed by atoms with Gasteiger partial charge in [0.05, 0.1) is 36.4 Å². The van der Waals surface area contributed by atoms with Gasteiger partial charge < -0.3 is 24.5 Å². The molecule has 1 fully saturated rings. The molecule has 56 heavy (non-hydrogen) atoms. The highest BCUT2D eigenvalue weighted by atomic mass is 35.5. The van der Waals surface area contributed by atoms with Gasteiger partial charge in [0, 0.05) is 25.2 Å². The maximum atomic E-state index is 13.9. The number of H-pyrrole nitrogens is 2. The van der Waals surface area contributed by atoms with E-state index in [1.807, 2.05) is 95.8 Å². The molecule has 6 aromatic rings. The van der Waals surface area contributed by atoms with Gasteiger partial charge in [-0.3, -0.25) is 14.5 Å². The molecule has 11 heteroatoms. The Balaban J connectivity index is 1.00. The van der Waals surface area contributed by atoms with Crippen LogP contribution in [0.25, 0.3) is 33.6 Å². The normalized spacial score (nSPS) is 15.2.